The van der Waals surface area contributed by atoms with Crippen LogP contribution in [0.1, 0.15) is 110 Å². The van der Waals surface area contributed by atoms with Gasteiger partial charge in [-0.25, -0.2) is 0 Å². The summed E-state index contributed by atoms with van der Waals surface area (Å²) in [5.41, 5.74) is 3.09. The van der Waals surface area contributed by atoms with E-state index in [0.717, 1.165) is 46.6 Å². The molecule has 3 N–H and O–H groups in total. The van der Waals surface area contributed by atoms with Gasteiger partial charge >= 0.3 is 5.97 Å². The fourth-order valence-corrected chi connectivity index (χ4v) is 11.1. The van der Waals surface area contributed by atoms with Crippen molar-refractivity contribution in [2.24, 2.45) is 46.3 Å². The number of hydrogen-bond acceptors (Lipinski definition) is 2. The van der Waals surface area contributed by atoms with Crippen molar-refractivity contribution in [3.63, 3.8) is 0 Å². The minimum atomic E-state index is -0.875. The number of aromatic amines is 1. The van der Waals surface area contributed by atoms with Crippen molar-refractivity contribution in [1.82, 2.24) is 10.3 Å². The Morgan fingerprint density at radius 1 is 1.00 bits per heavy atom. The standard InChI is InChI=1S/C36H52N2O3/c1-23(11-16-33(39)38-26(21-34(40)41)20-24-22-37-32-10-5-4-9-27(24)32)29-14-15-30-28-13-12-25-8-6-7-18-35(25,2)31(28)17-19-36(29,30)3/h4-5,9-10,22-23,25-26,28-31,37H,6-8,11-21H2,1-3H3,(H,38,39)(H,40,41)/t23-,25+,26+,28+,29-,30+,31+,35+,36-/m1/s1. The third kappa shape index (κ3) is 5.36. The minimum Gasteiger partial charge on any atom is -0.481 e. The van der Waals surface area contributed by atoms with E-state index < -0.39 is 12.0 Å². The van der Waals surface area contributed by atoms with E-state index in [-0.39, 0.29) is 12.3 Å². The molecule has 4 saturated carbocycles. The van der Waals surface area contributed by atoms with E-state index in [4.69, 9.17) is 0 Å². The molecule has 2 aromatic rings. The summed E-state index contributed by atoms with van der Waals surface area (Å²) >= 11 is 0. The topological polar surface area (TPSA) is 82.2 Å². The van der Waals surface area contributed by atoms with Crippen molar-refractivity contribution in [2.45, 2.75) is 117 Å². The second-order valence-electron chi connectivity index (χ2n) is 15.1. The molecular weight excluding hydrogens is 508 g/mol. The fraction of sp³-hybridized carbons (Fsp3) is 0.722. The highest BCUT2D eigenvalue weighted by molar-refractivity contribution is 5.83. The highest BCUT2D eigenvalue weighted by atomic mass is 16.4. The van der Waals surface area contributed by atoms with Crippen molar-refractivity contribution in [1.29, 1.82) is 0 Å². The lowest BCUT2D eigenvalue weighted by Gasteiger charge is -2.61. The molecule has 9 atom stereocenters. The largest absolute Gasteiger partial charge is 0.481 e. The van der Waals surface area contributed by atoms with E-state index in [1.807, 2.05) is 30.5 Å². The number of para-hydroxylation sites is 1. The van der Waals surface area contributed by atoms with Crippen molar-refractivity contribution >= 4 is 22.8 Å². The lowest BCUT2D eigenvalue weighted by atomic mass is 9.44. The first kappa shape index (κ1) is 28.8. The van der Waals surface area contributed by atoms with Gasteiger partial charge in [0.1, 0.15) is 0 Å². The van der Waals surface area contributed by atoms with Crippen LogP contribution in [0.4, 0.5) is 0 Å². The average Bonchev–Trinajstić information content (AvgIpc) is 3.51. The number of carbonyl (C=O) groups excluding carboxylic acids is 1. The van der Waals surface area contributed by atoms with E-state index in [0.29, 0.717) is 35.5 Å². The summed E-state index contributed by atoms with van der Waals surface area (Å²) in [7, 11) is 0. The summed E-state index contributed by atoms with van der Waals surface area (Å²) in [5, 5.41) is 13.7. The molecule has 6 rings (SSSR count). The molecule has 1 amide bonds. The number of carbonyl (C=O) groups is 2. The number of fused-ring (bicyclic) bond motifs is 6. The Kier molecular flexibility index (Phi) is 8.02. The first-order valence-electron chi connectivity index (χ1n) is 16.7. The van der Waals surface area contributed by atoms with Crippen LogP contribution in [0.2, 0.25) is 0 Å². The molecule has 1 aromatic heterocycles. The minimum absolute atomic E-state index is 0.00473. The summed E-state index contributed by atoms with van der Waals surface area (Å²) in [6.45, 7) is 7.67. The van der Waals surface area contributed by atoms with Gasteiger partial charge in [0.25, 0.3) is 0 Å². The molecule has 4 aliphatic carbocycles. The van der Waals surface area contributed by atoms with Gasteiger partial charge < -0.3 is 15.4 Å². The van der Waals surface area contributed by atoms with E-state index in [1.165, 1.54) is 64.2 Å². The van der Waals surface area contributed by atoms with Gasteiger partial charge in [-0.2, -0.15) is 0 Å². The van der Waals surface area contributed by atoms with Crippen LogP contribution >= 0.6 is 0 Å². The SMILES string of the molecule is C[C@H](CCC(=O)N[C@H](CC(=O)O)Cc1c[nH]c2ccccc12)[C@H]1CC[C@H]2[C@@H]3CC[C@@H]4CCCC[C@]4(C)[C@H]3CC[C@]12C. The summed E-state index contributed by atoms with van der Waals surface area (Å²) < 4.78 is 0. The number of aromatic nitrogens is 1. The smallest absolute Gasteiger partial charge is 0.305 e. The number of amides is 1. The first-order valence-corrected chi connectivity index (χ1v) is 16.7. The Bertz CT molecular complexity index is 1250. The van der Waals surface area contributed by atoms with Crippen molar-refractivity contribution in [3.8, 4) is 0 Å². The molecule has 4 fully saturated rings. The van der Waals surface area contributed by atoms with Crippen LogP contribution in [0.15, 0.2) is 30.5 Å². The zero-order valence-corrected chi connectivity index (χ0v) is 25.6. The lowest BCUT2D eigenvalue weighted by molar-refractivity contribution is -0.137. The van der Waals surface area contributed by atoms with Gasteiger partial charge in [-0.15, -0.1) is 0 Å². The molecule has 5 nitrogen and oxygen atoms in total. The summed E-state index contributed by atoms with van der Waals surface area (Å²) in [6.07, 6.45) is 18.0. The molecule has 1 heterocycles. The first-order chi connectivity index (χ1) is 19.7. The number of aliphatic carboxylic acids is 1. The van der Waals surface area contributed by atoms with Crippen molar-refractivity contribution in [3.05, 3.63) is 36.0 Å². The second-order valence-corrected chi connectivity index (χ2v) is 15.1. The van der Waals surface area contributed by atoms with Gasteiger partial charge in [-0.3, -0.25) is 9.59 Å². The number of rotatable bonds is 9. The van der Waals surface area contributed by atoms with Gasteiger partial charge in [0.2, 0.25) is 5.91 Å². The maximum Gasteiger partial charge on any atom is 0.305 e. The van der Waals surface area contributed by atoms with Crippen molar-refractivity contribution in [2.75, 3.05) is 0 Å². The number of carboxylic acids is 1. The van der Waals surface area contributed by atoms with Crippen LogP contribution in [0.25, 0.3) is 10.9 Å². The fourth-order valence-electron chi connectivity index (χ4n) is 11.1. The van der Waals surface area contributed by atoms with E-state index in [2.05, 4.69) is 31.1 Å². The molecule has 0 spiro atoms. The predicted molar refractivity (Wildman–Crippen MR) is 164 cm³/mol. The van der Waals surface area contributed by atoms with Gasteiger partial charge in [-0.1, -0.05) is 51.8 Å². The van der Waals surface area contributed by atoms with Crippen LogP contribution in [0, 0.1) is 46.3 Å². The number of benzene rings is 1. The third-order valence-corrected chi connectivity index (χ3v) is 13.1. The Morgan fingerprint density at radius 2 is 1.80 bits per heavy atom. The van der Waals surface area contributed by atoms with Gasteiger partial charge in [0, 0.05) is 29.6 Å². The molecule has 0 unspecified atom stereocenters. The number of H-pyrrole nitrogens is 1. The van der Waals surface area contributed by atoms with Gasteiger partial charge in [0.15, 0.2) is 0 Å². The van der Waals surface area contributed by atoms with Crippen LogP contribution < -0.4 is 5.32 Å². The summed E-state index contributed by atoms with van der Waals surface area (Å²) in [4.78, 5) is 28.1. The van der Waals surface area contributed by atoms with Gasteiger partial charge in [0.05, 0.1) is 6.42 Å². The second kappa shape index (κ2) is 11.4. The summed E-state index contributed by atoms with van der Waals surface area (Å²) in [5.74, 6) is 4.00. The van der Waals surface area contributed by atoms with Crippen LogP contribution in [0.5, 0.6) is 0 Å². The zero-order chi connectivity index (χ0) is 28.8. The zero-order valence-electron chi connectivity index (χ0n) is 25.6. The molecule has 224 valence electrons. The highest BCUT2D eigenvalue weighted by Gasteiger charge is 2.60. The van der Waals surface area contributed by atoms with Crippen LogP contribution in [0.3, 0.4) is 0 Å². The third-order valence-electron chi connectivity index (χ3n) is 13.1. The van der Waals surface area contributed by atoms with Crippen LogP contribution in [-0.2, 0) is 16.0 Å². The number of carboxylic acid groups (broad SMARTS) is 1. The highest BCUT2D eigenvalue weighted by Crippen LogP contribution is 2.68. The molecule has 41 heavy (non-hydrogen) atoms. The normalized spacial score (nSPS) is 36.1. The average molecular weight is 561 g/mol. The Balaban J connectivity index is 1.06. The quantitative estimate of drug-likeness (QED) is 0.289. The lowest BCUT2D eigenvalue weighted by Crippen LogP contribution is -2.53. The number of nitrogens with one attached hydrogen (secondary N) is 2. The Morgan fingerprint density at radius 3 is 2.63 bits per heavy atom. The molecule has 0 radical (unpaired) electrons. The van der Waals surface area contributed by atoms with E-state index in [1.54, 1.807) is 0 Å². The van der Waals surface area contributed by atoms with Crippen LogP contribution in [-0.4, -0.2) is 28.0 Å². The van der Waals surface area contributed by atoms with E-state index in [9.17, 15) is 14.7 Å². The predicted octanol–water partition coefficient (Wildman–Crippen LogP) is 8.14. The molecule has 0 aliphatic heterocycles. The number of hydrogen-bond donors (Lipinski definition) is 3. The maximum absolute atomic E-state index is 13.2. The molecule has 5 heteroatoms. The molecule has 0 bridgehead atoms. The Hall–Kier alpha value is -2.30. The maximum atomic E-state index is 13.2. The summed E-state index contributed by atoms with van der Waals surface area (Å²) in [6, 6.07) is 7.64. The van der Waals surface area contributed by atoms with E-state index >= 15 is 0 Å². The van der Waals surface area contributed by atoms with Crippen molar-refractivity contribution < 1.29 is 14.7 Å². The Labute approximate surface area is 246 Å². The molecule has 4 aliphatic rings. The molecular formula is C36H52N2O3. The van der Waals surface area contributed by atoms with Gasteiger partial charge in [-0.05, 0) is 122 Å². The molecule has 1 aromatic carbocycles. The monoisotopic (exact) mass is 560 g/mol. The molecule has 0 saturated heterocycles.